The Morgan fingerprint density at radius 3 is 2.83 bits per heavy atom. The van der Waals surface area contributed by atoms with Gasteiger partial charge in [0.15, 0.2) is 0 Å². The number of rotatable bonds is 4. The van der Waals surface area contributed by atoms with E-state index in [2.05, 4.69) is 38.2 Å². The lowest BCUT2D eigenvalue weighted by molar-refractivity contribution is 0.167. The van der Waals surface area contributed by atoms with Crippen molar-refractivity contribution >= 4 is 0 Å². The van der Waals surface area contributed by atoms with Gasteiger partial charge in [0.05, 0.1) is 13.7 Å². The minimum Gasteiger partial charge on any atom is -0.496 e. The van der Waals surface area contributed by atoms with Crippen molar-refractivity contribution in [2.24, 2.45) is 0 Å². The van der Waals surface area contributed by atoms with Gasteiger partial charge >= 0.3 is 0 Å². The van der Waals surface area contributed by atoms with Crippen LogP contribution in [0.2, 0.25) is 0 Å². The lowest BCUT2D eigenvalue weighted by atomic mass is 9.97. The second-order valence-corrected chi connectivity index (χ2v) is 5.47. The van der Waals surface area contributed by atoms with E-state index in [0.717, 1.165) is 25.4 Å². The van der Waals surface area contributed by atoms with Crippen LogP contribution in [0.5, 0.6) is 5.75 Å². The first-order valence-electron chi connectivity index (χ1n) is 6.54. The van der Waals surface area contributed by atoms with Crippen LogP contribution in [-0.2, 0) is 4.74 Å². The Bertz CT molecular complexity index is 411. The van der Waals surface area contributed by atoms with Crippen molar-refractivity contribution in [2.45, 2.75) is 38.8 Å². The minimum atomic E-state index is 0.0776. The van der Waals surface area contributed by atoms with Crippen LogP contribution in [-0.4, -0.2) is 25.9 Å². The Hall–Kier alpha value is -1.06. The molecule has 0 aliphatic carbocycles. The van der Waals surface area contributed by atoms with E-state index in [1.54, 1.807) is 7.11 Å². The Balaban J connectivity index is 2.17. The predicted octanol–water partition coefficient (Wildman–Crippen LogP) is 2.83. The summed E-state index contributed by atoms with van der Waals surface area (Å²) in [5.74, 6) is 0.947. The van der Waals surface area contributed by atoms with Crippen molar-refractivity contribution in [3.8, 4) is 5.75 Å². The molecule has 18 heavy (non-hydrogen) atoms. The van der Waals surface area contributed by atoms with Gasteiger partial charge < -0.3 is 14.8 Å². The van der Waals surface area contributed by atoms with Crippen LogP contribution in [0.15, 0.2) is 18.2 Å². The number of hydrogen-bond acceptors (Lipinski definition) is 3. The van der Waals surface area contributed by atoms with Gasteiger partial charge in [-0.05, 0) is 33.3 Å². The molecule has 0 unspecified atom stereocenters. The standard InChI is InChI=1S/C15H23NO2/c1-11-5-6-14(17-4)13(9-11)12(2)16-15(3)7-8-18-10-15/h5-6,9,12,16H,7-8,10H2,1-4H3/t12-,15-/m1/s1. The van der Waals surface area contributed by atoms with Crippen LogP contribution in [0, 0.1) is 6.92 Å². The van der Waals surface area contributed by atoms with Crippen LogP contribution in [0.25, 0.3) is 0 Å². The quantitative estimate of drug-likeness (QED) is 0.890. The van der Waals surface area contributed by atoms with Crippen LogP contribution in [0.4, 0.5) is 0 Å². The van der Waals surface area contributed by atoms with Gasteiger partial charge in [-0.1, -0.05) is 17.7 Å². The van der Waals surface area contributed by atoms with Gasteiger partial charge in [0.1, 0.15) is 5.75 Å². The van der Waals surface area contributed by atoms with E-state index in [0.29, 0.717) is 0 Å². The summed E-state index contributed by atoms with van der Waals surface area (Å²) < 4.78 is 10.9. The summed E-state index contributed by atoms with van der Waals surface area (Å²) in [4.78, 5) is 0. The number of aryl methyl sites for hydroxylation is 1. The van der Waals surface area contributed by atoms with Crippen LogP contribution in [0.1, 0.15) is 37.4 Å². The molecule has 0 spiro atoms. The Labute approximate surface area is 109 Å². The van der Waals surface area contributed by atoms with E-state index in [1.807, 2.05) is 6.07 Å². The fraction of sp³-hybridized carbons (Fsp3) is 0.600. The first-order valence-corrected chi connectivity index (χ1v) is 6.54. The van der Waals surface area contributed by atoms with E-state index < -0.39 is 0 Å². The monoisotopic (exact) mass is 249 g/mol. The molecule has 2 atom stereocenters. The average Bonchev–Trinajstić information content (AvgIpc) is 2.75. The molecule has 0 saturated carbocycles. The molecule has 0 bridgehead atoms. The molecular weight excluding hydrogens is 226 g/mol. The van der Waals surface area contributed by atoms with Crippen LogP contribution >= 0.6 is 0 Å². The van der Waals surface area contributed by atoms with Gasteiger partial charge in [0, 0.05) is 23.8 Å². The average molecular weight is 249 g/mol. The molecule has 1 N–H and O–H groups in total. The predicted molar refractivity (Wildman–Crippen MR) is 73.1 cm³/mol. The number of hydrogen-bond donors (Lipinski definition) is 1. The third-order valence-corrected chi connectivity index (χ3v) is 3.64. The second kappa shape index (κ2) is 5.29. The maximum absolute atomic E-state index is 5.48. The summed E-state index contributed by atoms with van der Waals surface area (Å²) in [5.41, 5.74) is 2.55. The normalized spacial score (nSPS) is 25.1. The topological polar surface area (TPSA) is 30.5 Å². The maximum Gasteiger partial charge on any atom is 0.123 e. The lowest BCUT2D eigenvalue weighted by Gasteiger charge is -2.29. The number of ether oxygens (including phenoxy) is 2. The smallest absolute Gasteiger partial charge is 0.123 e. The highest BCUT2D eigenvalue weighted by atomic mass is 16.5. The molecule has 2 rings (SSSR count). The molecule has 1 aliphatic rings. The highest BCUT2D eigenvalue weighted by molar-refractivity contribution is 5.39. The van der Waals surface area contributed by atoms with E-state index in [9.17, 15) is 0 Å². The molecular formula is C15H23NO2. The molecule has 1 heterocycles. The Morgan fingerprint density at radius 1 is 1.44 bits per heavy atom. The molecule has 3 heteroatoms. The zero-order chi connectivity index (χ0) is 13.2. The third kappa shape index (κ3) is 2.85. The summed E-state index contributed by atoms with van der Waals surface area (Å²) in [6.07, 6.45) is 1.06. The second-order valence-electron chi connectivity index (χ2n) is 5.47. The van der Waals surface area contributed by atoms with Crippen molar-refractivity contribution in [3.05, 3.63) is 29.3 Å². The molecule has 1 aromatic rings. The first-order chi connectivity index (χ1) is 8.54. The Kier molecular flexibility index (Phi) is 3.93. The van der Waals surface area contributed by atoms with E-state index in [1.165, 1.54) is 11.1 Å². The fourth-order valence-electron chi connectivity index (χ4n) is 2.57. The molecule has 1 aromatic carbocycles. The van der Waals surface area contributed by atoms with Crippen molar-refractivity contribution in [1.82, 2.24) is 5.32 Å². The summed E-state index contributed by atoms with van der Waals surface area (Å²) >= 11 is 0. The summed E-state index contributed by atoms with van der Waals surface area (Å²) in [6.45, 7) is 8.14. The largest absolute Gasteiger partial charge is 0.496 e. The summed E-state index contributed by atoms with van der Waals surface area (Å²) in [7, 11) is 1.72. The van der Waals surface area contributed by atoms with E-state index in [4.69, 9.17) is 9.47 Å². The first kappa shape index (κ1) is 13.4. The van der Waals surface area contributed by atoms with Gasteiger partial charge in [-0.2, -0.15) is 0 Å². The SMILES string of the molecule is COc1ccc(C)cc1[C@@H](C)N[C@]1(C)CCOC1. The van der Waals surface area contributed by atoms with Crippen LogP contribution < -0.4 is 10.1 Å². The minimum absolute atomic E-state index is 0.0776. The molecule has 0 aromatic heterocycles. The van der Waals surface area contributed by atoms with Gasteiger partial charge in [-0.15, -0.1) is 0 Å². The zero-order valence-corrected chi connectivity index (χ0v) is 11.7. The molecule has 1 aliphatic heterocycles. The number of methoxy groups -OCH3 is 1. The van der Waals surface area contributed by atoms with Gasteiger partial charge in [0.2, 0.25) is 0 Å². The fourth-order valence-corrected chi connectivity index (χ4v) is 2.57. The third-order valence-electron chi connectivity index (χ3n) is 3.64. The zero-order valence-electron chi connectivity index (χ0n) is 11.7. The van der Waals surface area contributed by atoms with Gasteiger partial charge in [-0.25, -0.2) is 0 Å². The molecule has 3 nitrogen and oxygen atoms in total. The maximum atomic E-state index is 5.48. The highest BCUT2D eigenvalue weighted by Gasteiger charge is 2.31. The summed E-state index contributed by atoms with van der Waals surface area (Å²) in [5, 5.41) is 3.67. The van der Waals surface area contributed by atoms with Crippen molar-refractivity contribution < 1.29 is 9.47 Å². The van der Waals surface area contributed by atoms with E-state index in [-0.39, 0.29) is 11.6 Å². The Morgan fingerprint density at radius 2 is 2.22 bits per heavy atom. The van der Waals surface area contributed by atoms with Crippen molar-refractivity contribution in [2.75, 3.05) is 20.3 Å². The van der Waals surface area contributed by atoms with Gasteiger partial charge in [0.25, 0.3) is 0 Å². The summed E-state index contributed by atoms with van der Waals surface area (Å²) in [6, 6.07) is 6.56. The van der Waals surface area contributed by atoms with E-state index >= 15 is 0 Å². The molecule has 1 fully saturated rings. The van der Waals surface area contributed by atoms with Crippen molar-refractivity contribution in [1.29, 1.82) is 0 Å². The van der Waals surface area contributed by atoms with Crippen molar-refractivity contribution in [3.63, 3.8) is 0 Å². The van der Waals surface area contributed by atoms with Gasteiger partial charge in [-0.3, -0.25) is 0 Å². The molecule has 0 radical (unpaired) electrons. The molecule has 0 amide bonds. The molecule has 1 saturated heterocycles. The lowest BCUT2D eigenvalue weighted by Crippen LogP contribution is -2.44. The van der Waals surface area contributed by atoms with Crippen LogP contribution in [0.3, 0.4) is 0 Å². The number of nitrogens with one attached hydrogen (secondary N) is 1. The molecule has 100 valence electrons. The number of benzene rings is 1. The highest BCUT2D eigenvalue weighted by Crippen LogP contribution is 2.29.